The van der Waals surface area contributed by atoms with Crippen LogP contribution in [0, 0.1) is 20.2 Å². The minimum Gasteiger partial charge on any atom is -0.424 e. The molecule has 2 saturated carbocycles. The van der Waals surface area contributed by atoms with Crippen LogP contribution in [0.1, 0.15) is 139 Å². The first kappa shape index (κ1) is 56.1. The maximum Gasteiger partial charge on any atom is 0.293 e. The average molecular weight is 1060 g/mol. The average Bonchev–Trinajstić information content (AvgIpc) is 4.07. The second-order valence-corrected chi connectivity index (χ2v) is 23.9. The standard InChI is InChI=1S/C25H31N5O5S.C18H23ClN4O5S.C7H9N/c1-25(2,3)24-28-27-23(35-24)18-9-11-19(12-10-18)29-36(33,34)20-13-14-21(22(15-20)30(31)32)26-16-17-7-5-4-6-8-17;1-18(2,3)17-21-20-16(28-17)11-4-6-12(7-5-11)22-29(26,27)13-8-9-14(19)15(10-13)23(24)25;8-6-7-4-2-1-3-5-7/h4-8,13-15,18-19,26,29H,9-12,16H2,1-3H3;8-12,22H,4-7H2,1-3H3;1-5H,6,8H2. The summed E-state index contributed by atoms with van der Waals surface area (Å²) in [5.41, 5.74) is 6.57. The molecule has 73 heavy (non-hydrogen) atoms. The number of halogens is 1. The van der Waals surface area contributed by atoms with Gasteiger partial charge in [0.15, 0.2) is 0 Å². The van der Waals surface area contributed by atoms with E-state index in [1.807, 2.05) is 102 Å². The molecule has 20 nitrogen and oxygen atoms in total. The highest BCUT2D eigenvalue weighted by Gasteiger charge is 2.33. The van der Waals surface area contributed by atoms with Crippen LogP contribution in [0.4, 0.5) is 17.1 Å². The molecule has 0 amide bonds. The van der Waals surface area contributed by atoms with E-state index in [4.69, 9.17) is 26.2 Å². The van der Waals surface area contributed by atoms with E-state index >= 15 is 0 Å². The fraction of sp³-hybridized carbons (Fsp3) is 0.440. The summed E-state index contributed by atoms with van der Waals surface area (Å²) in [7, 11) is -7.83. The predicted octanol–water partition coefficient (Wildman–Crippen LogP) is 9.97. The molecule has 0 bridgehead atoms. The zero-order valence-electron chi connectivity index (χ0n) is 41.7. The second kappa shape index (κ2) is 24.2. The van der Waals surface area contributed by atoms with Crippen molar-refractivity contribution in [1.82, 2.24) is 29.8 Å². The van der Waals surface area contributed by atoms with Gasteiger partial charge in [-0.2, -0.15) is 0 Å². The number of hydrogen-bond acceptors (Lipinski definition) is 16. The number of nitrogens with zero attached hydrogens (tertiary/aromatic N) is 6. The Morgan fingerprint density at radius 2 is 1.01 bits per heavy atom. The summed E-state index contributed by atoms with van der Waals surface area (Å²) in [6.45, 7) is 13.0. The van der Waals surface area contributed by atoms with Crippen molar-refractivity contribution in [1.29, 1.82) is 0 Å². The molecule has 0 atom stereocenters. The quantitative estimate of drug-likeness (QED) is 0.0582. The zero-order valence-corrected chi connectivity index (χ0v) is 44.0. The maximum absolute atomic E-state index is 13.0. The van der Waals surface area contributed by atoms with Crippen LogP contribution < -0.4 is 20.5 Å². The first-order valence-corrected chi connectivity index (χ1v) is 27.2. The lowest BCUT2D eigenvalue weighted by atomic mass is 9.86. The van der Waals surface area contributed by atoms with Crippen molar-refractivity contribution in [3.63, 3.8) is 0 Å². The zero-order chi connectivity index (χ0) is 53.1. The number of aromatic nitrogens is 4. The fourth-order valence-corrected chi connectivity index (χ4v) is 10.9. The van der Waals surface area contributed by atoms with Crippen LogP contribution in [0.2, 0.25) is 5.02 Å². The van der Waals surface area contributed by atoms with Crippen molar-refractivity contribution in [2.45, 2.75) is 151 Å². The summed E-state index contributed by atoms with van der Waals surface area (Å²) in [6.07, 6.45) is 5.26. The van der Waals surface area contributed by atoms with Crippen LogP contribution in [-0.4, -0.2) is 59.2 Å². The van der Waals surface area contributed by atoms with Gasteiger partial charge in [-0.1, -0.05) is 114 Å². The molecule has 0 unspecified atom stereocenters. The van der Waals surface area contributed by atoms with Gasteiger partial charge < -0.3 is 19.9 Å². The molecule has 0 aliphatic heterocycles. The molecule has 2 aromatic heterocycles. The van der Waals surface area contributed by atoms with Crippen molar-refractivity contribution >= 4 is 48.7 Å². The lowest BCUT2D eigenvalue weighted by Gasteiger charge is -2.27. The van der Waals surface area contributed by atoms with E-state index in [1.165, 1.54) is 29.8 Å². The van der Waals surface area contributed by atoms with Gasteiger partial charge in [-0.25, -0.2) is 26.3 Å². The molecule has 8 rings (SSSR count). The minimum atomic E-state index is -3.93. The molecule has 23 heteroatoms. The van der Waals surface area contributed by atoms with E-state index in [0.29, 0.717) is 88.0 Å². The Labute approximate surface area is 430 Å². The highest BCUT2D eigenvalue weighted by Crippen LogP contribution is 2.37. The van der Waals surface area contributed by atoms with Crippen LogP contribution in [0.5, 0.6) is 0 Å². The van der Waals surface area contributed by atoms with Gasteiger partial charge in [-0.15, -0.1) is 20.4 Å². The lowest BCUT2D eigenvalue weighted by molar-refractivity contribution is -0.384. The molecular weight excluding hydrogens is 1000 g/mol. The van der Waals surface area contributed by atoms with Crippen molar-refractivity contribution in [2.75, 3.05) is 5.32 Å². The van der Waals surface area contributed by atoms with E-state index in [9.17, 15) is 37.1 Å². The van der Waals surface area contributed by atoms with E-state index in [1.54, 1.807) is 0 Å². The summed E-state index contributed by atoms with van der Waals surface area (Å²) < 4.78 is 68.4. The highest BCUT2D eigenvalue weighted by molar-refractivity contribution is 7.89. The van der Waals surface area contributed by atoms with Crippen LogP contribution in [0.3, 0.4) is 0 Å². The second-order valence-electron chi connectivity index (χ2n) is 20.1. The summed E-state index contributed by atoms with van der Waals surface area (Å²) in [5.74, 6) is 2.53. The van der Waals surface area contributed by atoms with Crippen LogP contribution in [0.25, 0.3) is 0 Å². The maximum atomic E-state index is 13.0. The van der Waals surface area contributed by atoms with Gasteiger partial charge in [0.05, 0.1) is 19.6 Å². The van der Waals surface area contributed by atoms with Gasteiger partial charge in [0.2, 0.25) is 43.6 Å². The number of nitrogens with one attached hydrogen (secondary N) is 3. The van der Waals surface area contributed by atoms with Gasteiger partial charge in [-0.3, -0.25) is 20.2 Å². The number of nitrogens with two attached hydrogens (primary N) is 1. The molecule has 2 fully saturated rings. The topological polar surface area (TPSA) is 295 Å². The number of benzene rings is 4. The monoisotopic (exact) mass is 1060 g/mol. The minimum absolute atomic E-state index is 0.0883. The molecule has 392 valence electrons. The molecule has 2 heterocycles. The molecular formula is C50H63ClN10O10S2. The fourth-order valence-electron chi connectivity index (χ4n) is 8.08. The normalized spacial score (nSPS) is 18.4. The first-order chi connectivity index (χ1) is 34.4. The van der Waals surface area contributed by atoms with E-state index < -0.39 is 35.6 Å². The predicted molar refractivity (Wildman–Crippen MR) is 276 cm³/mol. The molecule has 2 aliphatic rings. The number of nitro benzene ring substituents is 2. The molecule has 4 aromatic carbocycles. The van der Waals surface area contributed by atoms with Crippen molar-refractivity contribution in [2.24, 2.45) is 5.73 Å². The van der Waals surface area contributed by atoms with E-state index in [2.05, 4.69) is 35.2 Å². The van der Waals surface area contributed by atoms with Crippen molar-refractivity contribution < 1.29 is 35.5 Å². The van der Waals surface area contributed by atoms with Crippen molar-refractivity contribution in [3.05, 3.63) is 157 Å². The molecule has 0 spiro atoms. The Morgan fingerprint density at radius 1 is 0.603 bits per heavy atom. The van der Waals surface area contributed by atoms with E-state index in [0.717, 1.165) is 17.7 Å². The molecule has 6 aromatic rings. The summed E-state index contributed by atoms with van der Waals surface area (Å²) in [5, 5.41) is 42.2. The van der Waals surface area contributed by atoms with Crippen LogP contribution in [-0.2, 0) is 44.0 Å². The number of sulfonamides is 2. The SMILES string of the molecule is CC(C)(C)c1nnc(C2CCC(NS(=O)(=O)c3ccc(Cl)c([N+](=O)[O-])c3)CC2)o1.CC(C)(C)c1nnc(C2CCC(NS(=O)(=O)c3ccc(NCc4ccccc4)c([N+](=O)[O-])c3)CC2)o1.NCc1ccccc1. The van der Waals surface area contributed by atoms with Gasteiger partial charge in [0.25, 0.3) is 11.4 Å². The lowest BCUT2D eigenvalue weighted by Crippen LogP contribution is -2.37. The Kier molecular flexibility index (Phi) is 18.6. The smallest absolute Gasteiger partial charge is 0.293 e. The number of rotatable bonds is 14. The highest BCUT2D eigenvalue weighted by atomic mass is 35.5. The summed E-state index contributed by atoms with van der Waals surface area (Å²) in [4.78, 5) is 21.1. The molecule has 0 radical (unpaired) electrons. The van der Waals surface area contributed by atoms with Gasteiger partial charge in [-0.05, 0) is 86.8 Å². The molecule has 2 aliphatic carbocycles. The van der Waals surface area contributed by atoms with Gasteiger partial charge in [0, 0.05) is 60.0 Å². The molecule has 0 saturated heterocycles. The Balaban J connectivity index is 0.000000210. The summed E-state index contributed by atoms with van der Waals surface area (Å²) >= 11 is 5.76. The number of nitro groups is 2. The number of hydrogen-bond donors (Lipinski definition) is 4. The third-order valence-corrected chi connectivity index (χ3v) is 15.6. The third kappa shape index (κ3) is 15.7. The van der Waals surface area contributed by atoms with Gasteiger partial charge in [0.1, 0.15) is 10.7 Å². The Bertz CT molecular complexity index is 3020. The Hall–Kier alpha value is -6.17. The van der Waals surface area contributed by atoms with Crippen molar-refractivity contribution in [3.8, 4) is 0 Å². The number of anilines is 1. The third-order valence-electron chi connectivity index (χ3n) is 12.3. The van der Waals surface area contributed by atoms with E-state index in [-0.39, 0.29) is 60.9 Å². The largest absolute Gasteiger partial charge is 0.424 e. The summed E-state index contributed by atoms with van der Waals surface area (Å²) in [6, 6.07) is 26.3. The van der Waals surface area contributed by atoms with Crippen LogP contribution >= 0.6 is 11.6 Å². The Morgan fingerprint density at radius 3 is 1.40 bits per heavy atom. The molecule has 5 N–H and O–H groups in total. The van der Waals surface area contributed by atoms with Crippen LogP contribution in [0.15, 0.2) is 116 Å². The first-order valence-electron chi connectivity index (χ1n) is 23.9. The van der Waals surface area contributed by atoms with Gasteiger partial charge >= 0.3 is 0 Å².